The van der Waals surface area contributed by atoms with Crippen LogP contribution in [0.25, 0.3) is 6.08 Å². The number of anilines is 1. The van der Waals surface area contributed by atoms with E-state index < -0.39 is 22.7 Å². The smallest absolute Gasteiger partial charge is 0.330 e. The maximum atomic E-state index is 13.2. The summed E-state index contributed by atoms with van der Waals surface area (Å²) in [7, 11) is 0. The van der Waals surface area contributed by atoms with Gasteiger partial charge in [-0.15, -0.1) is 11.8 Å². The number of carbonyl (C=O) groups is 3. The largest absolute Gasteiger partial charge is 0.463 e. The van der Waals surface area contributed by atoms with Crippen molar-refractivity contribution in [1.29, 1.82) is 0 Å². The van der Waals surface area contributed by atoms with Crippen LogP contribution in [0.4, 0.5) is 11.4 Å². The highest BCUT2D eigenvalue weighted by atomic mass is 32.2. The van der Waals surface area contributed by atoms with Crippen LogP contribution < -0.4 is 10.6 Å². The predicted molar refractivity (Wildman–Crippen MR) is 147 cm³/mol. The Kier molecular flexibility index (Phi) is 10.4. The van der Waals surface area contributed by atoms with Gasteiger partial charge in [-0.3, -0.25) is 19.7 Å². The summed E-state index contributed by atoms with van der Waals surface area (Å²) in [4.78, 5) is 48.7. The SMILES string of the molecule is CCOC(=O)/C=C/CSc1cccc(NC(=O)/C(=C\c2ccc([N+](=O)[O-])cc2)NC(=O)c2ccccc2)c1. The molecule has 3 rings (SSSR count). The highest BCUT2D eigenvalue weighted by Gasteiger charge is 2.16. The molecule has 0 heterocycles. The van der Waals surface area contributed by atoms with Gasteiger partial charge >= 0.3 is 5.97 Å². The average Bonchev–Trinajstić information content (AvgIpc) is 2.92. The van der Waals surface area contributed by atoms with Crippen molar-refractivity contribution < 1.29 is 24.0 Å². The zero-order chi connectivity index (χ0) is 27.3. The summed E-state index contributed by atoms with van der Waals surface area (Å²) in [5.41, 5.74) is 1.23. The van der Waals surface area contributed by atoms with E-state index in [1.54, 1.807) is 61.5 Å². The van der Waals surface area contributed by atoms with Crippen LogP contribution >= 0.6 is 11.8 Å². The van der Waals surface area contributed by atoms with Crippen molar-refractivity contribution in [1.82, 2.24) is 5.32 Å². The molecule has 0 saturated heterocycles. The van der Waals surface area contributed by atoms with Crippen LogP contribution in [-0.2, 0) is 14.3 Å². The molecule has 0 aliphatic carbocycles. The lowest BCUT2D eigenvalue weighted by molar-refractivity contribution is -0.384. The Hall–Kier alpha value is -4.70. The van der Waals surface area contributed by atoms with E-state index in [9.17, 15) is 24.5 Å². The zero-order valence-electron chi connectivity index (χ0n) is 20.5. The molecule has 10 heteroatoms. The van der Waals surface area contributed by atoms with Gasteiger partial charge in [-0.1, -0.05) is 30.3 Å². The first-order valence-electron chi connectivity index (χ1n) is 11.6. The molecular formula is C28H25N3O6S. The molecule has 0 bridgehead atoms. The minimum atomic E-state index is -0.572. The van der Waals surface area contributed by atoms with Crippen molar-refractivity contribution >= 4 is 47.0 Å². The second-order valence-corrected chi connectivity index (χ2v) is 8.77. The van der Waals surface area contributed by atoms with E-state index >= 15 is 0 Å². The number of carbonyl (C=O) groups excluding carboxylic acids is 3. The highest BCUT2D eigenvalue weighted by molar-refractivity contribution is 7.99. The quantitative estimate of drug-likeness (QED) is 0.114. The number of nitrogens with zero attached hydrogens (tertiary/aromatic N) is 1. The third kappa shape index (κ3) is 8.75. The Bertz CT molecular complexity index is 1350. The van der Waals surface area contributed by atoms with Crippen LogP contribution in [0.15, 0.2) is 102 Å². The lowest BCUT2D eigenvalue weighted by Crippen LogP contribution is -2.30. The van der Waals surface area contributed by atoms with Crippen LogP contribution in [0.1, 0.15) is 22.8 Å². The maximum absolute atomic E-state index is 13.2. The third-order valence-corrected chi connectivity index (χ3v) is 5.87. The summed E-state index contributed by atoms with van der Waals surface area (Å²) in [5.74, 6) is -0.933. The number of thioether (sulfide) groups is 1. The van der Waals surface area contributed by atoms with E-state index in [4.69, 9.17) is 4.74 Å². The van der Waals surface area contributed by atoms with Gasteiger partial charge in [0.25, 0.3) is 17.5 Å². The number of hydrogen-bond donors (Lipinski definition) is 2. The summed E-state index contributed by atoms with van der Waals surface area (Å²) < 4.78 is 4.85. The molecule has 0 spiro atoms. The summed E-state index contributed by atoms with van der Waals surface area (Å²) in [6, 6.07) is 21.1. The Labute approximate surface area is 223 Å². The number of ether oxygens (including phenoxy) is 1. The van der Waals surface area contributed by atoms with Crippen molar-refractivity contribution in [2.24, 2.45) is 0 Å². The number of benzene rings is 3. The molecule has 0 unspecified atom stereocenters. The van der Waals surface area contributed by atoms with E-state index in [2.05, 4.69) is 10.6 Å². The molecular weight excluding hydrogens is 506 g/mol. The van der Waals surface area contributed by atoms with E-state index in [-0.39, 0.29) is 11.4 Å². The van der Waals surface area contributed by atoms with Gasteiger partial charge in [-0.05, 0) is 61.0 Å². The minimum absolute atomic E-state index is 0.0388. The lowest BCUT2D eigenvalue weighted by atomic mass is 10.1. The topological polar surface area (TPSA) is 128 Å². The number of nitro groups is 1. The molecule has 38 heavy (non-hydrogen) atoms. The van der Waals surface area contributed by atoms with Crippen molar-refractivity contribution in [2.75, 3.05) is 17.7 Å². The van der Waals surface area contributed by atoms with E-state index in [1.165, 1.54) is 48.2 Å². The van der Waals surface area contributed by atoms with Crippen LogP contribution in [0.3, 0.4) is 0 Å². The first-order chi connectivity index (χ1) is 18.4. The fraction of sp³-hybridized carbons (Fsp3) is 0.107. The molecule has 2 N–H and O–H groups in total. The van der Waals surface area contributed by atoms with E-state index in [1.807, 2.05) is 6.07 Å². The molecule has 0 fully saturated rings. The molecule has 0 atom stereocenters. The molecule has 0 aromatic heterocycles. The van der Waals surface area contributed by atoms with E-state index in [0.717, 1.165) is 4.90 Å². The van der Waals surface area contributed by atoms with E-state index in [0.29, 0.717) is 29.2 Å². The lowest BCUT2D eigenvalue weighted by Gasteiger charge is -2.12. The predicted octanol–water partition coefficient (Wildman–Crippen LogP) is 5.22. The van der Waals surface area contributed by atoms with Gasteiger partial charge in [0.2, 0.25) is 0 Å². The summed E-state index contributed by atoms with van der Waals surface area (Å²) in [5, 5.41) is 16.4. The Morgan fingerprint density at radius 2 is 1.74 bits per heavy atom. The normalized spacial score (nSPS) is 11.1. The number of non-ortho nitro benzene ring substituents is 1. The van der Waals surface area contributed by atoms with Crippen LogP contribution in [-0.4, -0.2) is 35.1 Å². The molecule has 0 radical (unpaired) electrons. The Balaban J connectivity index is 1.76. The molecule has 0 saturated carbocycles. The average molecular weight is 532 g/mol. The van der Waals surface area contributed by atoms with Gasteiger partial charge in [0.05, 0.1) is 11.5 Å². The number of rotatable bonds is 11. The van der Waals surface area contributed by atoms with Crippen LogP contribution in [0, 0.1) is 10.1 Å². The fourth-order valence-electron chi connectivity index (χ4n) is 3.14. The van der Waals surface area contributed by atoms with Crippen LogP contribution in [0.2, 0.25) is 0 Å². The van der Waals surface area contributed by atoms with Gasteiger partial charge < -0.3 is 15.4 Å². The monoisotopic (exact) mass is 531 g/mol. The van der Waals surface area contributed by atoms with Crippen molar-refractivity contribution in [3.63, 3.8) is 0 Å². The van der Waals surface area contributed by atoms with Gasteiger partial charge in [0.1, 0.15) is 5.70 Å². The second-order valence-electron chi connectivity index (χ2n) is 7.67. The molecule has 194 valence electrons. The summed E-state index contributed by atoms with van der Waals surface area (Å²) in [6.45, 7) is 2.05. The minimum Gasteiger partial charge on any atom is -0.463 e. The van der Waals surface area contributed by atoms with Gasteiger partial charge in [0, 0.05) is 40.1 Å². The molecule has 9 nitrogen and oxygen atoms in total. The van der Waals surface area contributed by atoms with Gasteiger partial charge in [0.15, 0.2) is 0 Å². The second kappa shape index (κ2) is 14.1. The van der Waals surface area contributed by atoms with Crippen molar-refractivity contribution in [3.8, 4) is 0 Å². The molecule has 0 aliphatic heterocycles. The standard InChI is InChI=1S/C28H25N3O6S/c1-2-37-26(32)12-7-17-38-24-11-6-10-22(19-24)29-28(34)25(30-27(33)21-8-4-3-5-9-21)18-20-13-15-23(16-14-20)31(35)36/h3-16,18-19H,2,17H2,1H3,(H,29,34)(H,30,33)/b12-7+,25-18+. The fourth-order valence-corrected chi connectivity index (χ4v) is 3.91. The first kappa shape index (κ1) is 27.9. The zero-order valence-corrected chi connectivity index (χ0v) is 21.3. The van der Waals surface area contributed by atoms with Crippen molar-refractivity contribution in [2.45, 2.75) is 11.8 Å². The van der Waals surface area contributed by atoms with Crippen molar-refractivity contribution in [3.05, 3.63) is 118 Å². The maximum Gasteiger partial charge on any atom is 0.330 e. The molecule has 2 amide bonds. The summed E-state index contributed by atoms with van der Waals surface area (Å²) in [6.07, 6.45) is 4.50. The molecule has 3 aromatic carbocycles. The number of hydrogen-bond acceptors (Lipinski definition) is 7. The number of nitrogens with one attached hydrogen (secondary N) is 2. The first-order valence-corrected chi connectivity index (χ1v) is 12.5. The Morgan fingerprint density at radius 1 is 1.00 bits per heavy atom. The van der Waals surface area contributed by atoms with Gasteiger partial charge in [-0.2, -0.15) is 0 Å². The summed E-state index contributed by atoms with van der Waals surface area (Å²) >= 11 is 1.46. The number of esters is 1. The molecule has 0 aliphatic rings. The highest BCUT2D eigenvalue weighted by Crippen LogP contribution is 2.22. The third-order valence-electron chi connectivity index (χ3n) is 4.92. The number of amides is 2. The van der Waals surface area contributed by atoms with Crippen LogP contribution in [0.5, 0.6) is 0 Å². The Morgan fingerprint density at radius 3 is 2.42 bits per heavy atom. The number of nitro benzene ring substituents is 1. The molecule has 3 aromatic rings. The van der Waals surface area contributed by atoms with Gasteiger partial charge in [-0.25, -0.2) is 4.79 Å².